The summed E-state index contributed by atoms with van der Waals surface area (Å²) in [7, 11) is 0. The average molecular weight is 353 g/mol. The minimum absolute atomic E-state index is 0.0292. The molecule has 5 heteroatoms. The van der Waals surface area contributed by atoms with Gasteiger partial charge in [-0.25, -0.2) is 0 Å². The number of hydrogen-bond acceptors (Lipinski definition) is 2. The summed E-state index contributed by atoms with van der Waals surface area (Å²) in [4.78, 5) is 29.5. The van der Waals surface area contributed by atoms with Crippen molar-refractivity contribution >= 4 is 22.7 Å². The van der Waals surface area contributed by atoms with Crippen LogP contribution in [0.1, 0.15) is 54.2 Å². The molecule has 1 aromatic heterocycles. The van der Waals surface area contributed by atoms with E-state index in [1.54, 1.807) is 0 Å². The molecule has 2 N–H and O–H groups in total. The van der Waals surface area contributed by atoms with Crippen LogP contribution < -0.4 is 5.32 Å². The van der Waals surface area contributed by atoms with Gasteiger partial charge < -0.3 is 15.2 Å². The molecule has 0 bridgehead atoms. The van der Waals surface area contributed by atoms with Crippen LogP contribution in [-0.2, 0) is 17.6 Å². The number of amides is 2. The van der Waals surface area contributed by atoms with Crippen molar-refractivity contribution < 1.29 is 9.59 Å². The van der Waals surface area contributed by atoms with Crippen LogP contribution in [0.2, 0.25) is 0 Å². The normalized spacial score (nSPS) is 19.8. The van der Waals surface area contributed by atoms with E-state index < -0.39 is 0 Å². The molecular weight excluding hydrogens is 326 g/mol. The van der Waals surface area contributed by atoms with Crippen LogP contribution >= 0.6 is 0 Å². The highest BCUT2D eigenvalue weighted by Crippen LogP contribution is 2.32. The minimum atomic E-state index is -0.0292. The van der Waals surface area contributed by atoms with Gasteiger partial charge >= 0.3 is 0 Å². The largest absolute Gasteiger partial charge is 0.358 e. The van der Waals surface area contributed by atoms with E-state index in [1.807, 2.05) is 23.1 Å². The molecule has 1 aliphatic carbocycles. The lowest BCUT2D eigenvalue weighted by molar-refractivity contribution is -0.127. The number of H-pyrrole nitrogens is 1. The number of likely N-dealkylation sites (tertiary alicyclic amines) is 1. The van der Waals surface area contributed by atoms with Crippen LogP contribution in [0, 0.1) is 5.92 Å². The van der Waals surface area contributed by atoms with E-state index in [2.05, 4.69) is 17.2 Å². The molecule has 2 amide bonds. The topological polar surface area (TPSA) is 65.2 Å². The van der Waals surface area contributed by atoms with E-state index in [9.17, 15) is 9.59 Å². The Hall–Kier alpha value is -2.30. The van der Waals surface area contributed by atoms with Gasteiger partial charge in [-0.1, -0.05) is 6.92 Å². The molecule has 138 valence electrons. The molecule has 1 atom stereocenters. The Morgan fingerprint density at radius 3 is 3.04 bits per heavy atom. The quantitative estimate of drug-likeness (QED) is 0.812. The molecule has 2 aromatic rings. The number of hydrogen-bond donors (Lipinski definition) is 2. The van der Waals surface area contributed by atoms with Gasteiger partial charge in [-0.2, -0.15) is 0 Å². The molecule has 2 aliphatic rings. The monoisotopic (exact) mass is 353 g/mol. The fourth-order valence-corrected chi connectivity index (χ4v) is 4.25. The maximum atomic E-state index is 12.5. The summed E-state index contributed by atoms with van der Waals surface area (Å²) in [6.07, 6.45) is 5.85. The molecule has 5 nitrogen and oxygen atoms in total. The molecule has 2 heterocycles. The maximum absolute atomic E-state index is 12.5. The molecule has 1 aromatic carbocycles. The third-order valence-corrected chi connectivity index (χ3v) is 5.76. The van der Waals surface area contributed by atoms with E-state index in [0.717, 1.165) is 49.9 Å². The van der Waals surface area contributed by atoms with Gasteiger partial charge in [0.1, 0.15) is 0 Å². The standard InChI is InChI=1S/C21H27N3O2/c1-14-5-7-18-16(12-14)17-13-15(6-8-19(17)23-18)21(26)22-9-3-11-24-10-2-4-20(24)25/h6,8,13-14,23H,2-5,7,9-12H2,1H3,(H,22,26). The summed E-state index contributed by atoms with van der Waals surface area (Å²) in [5.74, 6) is 0.916. The molecule has 4 rings (SSSR count). The number of benzene rings is 1. The summed E-state index contributed by atoms with van der Waals surface area (Å²) in [5, 5.41) is 4.19. The summed E-state index contributed by atoms with van der Waals surface area (Å²) in [6, 6.07) is 5.95. The number of carbonyl (C=O) groups is 2. The highest BCUT2D eigenvalue weighted by atomic mass is 16.2. The number of aryl methyl sites for hydroxylation is 1. The lowest BCUT2D eigenvalue weighted by atomic mass is 9.87. The van der Waals surface area contributed by atoms with Gasteiger partial charge in [-0.3, -0.25) is 9.59 Å². The third-order valence-electron chi connectivity index (χ3n) is 5.76. The molecule has 0 spiro atoms. The van der Waals surface area contributed by atoms with Gasteiger partial charge in [0.2, 0.25) is 5.91 Å². The molecule has 1 unspecified atom stereocenters. The second kappa shape index (κ2) is 7.14. The van der Waals surface area contributed by atoms with E-state index in [1.165, 1.54) is 23.1 Å². The Balaban J connectivity index is 1.39. The van der Waals surface area contributed by atoms with Crippen molar-refractivity contribution in [3.63, 3.8) is 0 Å². The van der Waals surface area contributed by atoms with Crippen LogP contribution in [0.4, 0.5) is 0 Å². The zero-order chi connectivity index (χ0) is 18.1. The fraction of sp³-hybridized carbons (Fsp3) is 0.524. The Kier molecular flexibility index (Phi) is 4.70. The third kappa shape index (κ3) is 3.35. The second-order valence-electron chi connectivity index (χ2n) is 7.78. The van der Waals surface area contributed by atoms with Gasteiger partial charge in [0, 0.05) is 48.2 Å². The molecule has 1 saturated heterocycles. The van der Waals surface area contributed by atoms with Gasteiger partial charge in [-0.15, -0.1) is 0 Å². The Labute approximate surface area is 154 Å². The van der Waals surface area contributed by atoms with Crippen molar-refractivity contribution in [2.24, 2.45) is 5.92 Å². The molecule has 1 fully saturated rings. The summed E-state index contributed by atoms with van der Waals surface area (Å²) in [6.45, 7) is 4.49. The van der Waals surface area contributed by atoms with Gasteiger partial charge in [0.05, 0.1) is 0 Å². The number of aromatic amines is 1. The van der Waals surface area contributed by atoms with Gasteiger partial charge in [-0.05, 0) is 61.8 Å². The number of rotatable bonds is 5. The smallest absolute Gasteiger partial charge is 0.251 e. The van der Waals surface area contributed by atoms with E-state index in [0.29, 0.717) is 18.9 Å². The van der Waals surface area contributed by atoms with E-state index in [-0.39, 0.29) is 11.8 Å². The van der Waals surface area contributed by atoms with Crippen LogP contribution in [-0.4, -0.2) is 41.3 Å². The first-order valence-corrected chi connectivity index (χ1v) is 9.81. The Morgan fingerprint density at radius 2 is 2.23 bits per heavy atom. The molecule has 26 heavy (non-hydrogen) atoms. The SMILES string of the molecule is CC1CCc2[nH]c3ccc(C(=O)NCCCN4CCCC4=O)cc3c2C1. The van der Waals surface area contributed by atoms with Crippen molar-refractivity contribution in [1.82, 2.24) is 15.2 Å². The molecule has 1 aliphatic heterocycles. The number of aromatic nitrogens is 1. The van der Waals surface area contributed by atoms with Crippen molar-refractivity contribution in [1.29, 1.82) is 0 Å². The first-order chi connectivity index (χ1) is 12.6. The predicted octanol–water partition coefficient (Wildman–Crippen LogP) is 3.04. The second-order valence-corrected chi connectivity index (χ2v) is 7.78. The first-order valence-electron chi connectivity index (χ1n) is 9.81. The average Bonchev–Trinajstić information content (AvgIpc) is 3.21. The van der Waals surface area contributed by atoms with Crippen molar-refractivity contribution in [3.05, 3.63) is 35.0 Å². The first kappa shape index (κ1) is 17.1. The van der Waals surface area contributed by atoms with Crippen LogP contribution in [0.3, 0.4) is 0 Å². The van der Waals surface area contributed by atoms with Gasteiger partial charge in [0.25, 0.3) is 5.91 Å². The summed E-state index contributed by atoms with van der Waals surface area (Å²) >= 11 is 0. The lowest BCUT2D eigenvalue weighted by Crippen LogP contribution is -2.30. The number of nitrogens with one attached hydrogen (secondary N) is 2. The number of fused-ring (bicyclic) bond motifs is 3. The zero-order valence-corrected chi connectivity index (χ0v) is 15.4. The molecular formula is C21H27N3O2. The predicted molar refractivity (Wildman–Crippen MR) is 102 cm³/mol. The Bertz CT molecular complexity index is 839. The lowest BCUT2D eigenvalue weighted by Gasteiger charge is -2.18. The fourth-order valence-electron chi connectivity index (χ4n) is 4.25. The Morgan fingerprint density at radius 1 is 1.35 bits per heavy atom. The van der Waals surface area contributed by atoms with Crippen LogP contribution in [0.15, 0.2) is 18.2 Å². The zero-order valence-electron chi connectivity index (χ0n) is 15.4. The summed E-state index contributed by atoms with van der Waals surface area (Å²) < 4.78 is 0. The van der Waals surface area contributed by atoms with Crippen LogP contribution in [0.5, 0.6) is 0 Å². The highest BCUT2D eigenvalue weighted by molar-refractivity contribution is 5.99. The maximum Gasteiger partial charge on any atom is 0.251 e. The summed E-state index contributed by atoms with van der Waals surface area (Å²) in [5.41, 5.74) is 4.58. The van der Waals surface area contributed by atoms with Gasteiger partial charge in [0.15, 0.2) is 0 Å². The van der Waals surface area contributed by atoms with Crippen molar-refractivity contribution in [3.8, 4) is 0 Å². The molecule has 0 radical (unpaired) electrons. The number of carbonyl (C=O) groups excluding carboxylic acids is 2. The van der Waals surface area contributed by atoms with E-state index in [4.69, 9.17) is 0 Å². The highest BCUT2D eigenvalue weighted by Gasteiger charge is 2.21. The minimum Gasteiger partial charge on any atom is -0.358 e. The molecule has 0 saturated carbocycles. The van der Waals surface area contributed by atoms with Crippen LogP contribution in [0.25, 0.3) is 10.9 Å². The number of nitrogens with zero attached hydrogens (tertiary/aromatic N) is 1. The van der Waals surface area contributed by atoms with Crippen molar-refractivity contribution in [2.75, 3.05) is 19.6 Å². The van der Waals surface area contributed by atoms with E-state index >= 15 is 0 Å². The van der Waals surface area contributed by atoms with Crippen molar-refractivity contribution in [2.45, 2.75) is 45.4 Å².